The average molecular weight is 138 g/mol. The monoisotopic (exact) mass is 138 g/mol. The van der Waals surface area contributed by atoms with Gasteiger partial charge in [-0.25, -0.2) is 0 Å². The van der Waals surface area contributed by atoms with Gasteiger partial charge >= 0.3 is 0 Å². The van der Waals surface area contributed by atoms with Crippen molar-refractivity contribution in [1.29, 1.82) is 0 Å². The van der Waals surface area contributed by atoms with Gasteiger partial charge in [-0.1, -0.05) is 24.3 Å². The third-order valence-electron chi connectivity index (χ3n) is 1.72. The van der Waals surface area contributed by atoms with Crippen LogP contribution in [-0.2, 0) is 4.74 Å². The van der Waals surface area contributed by atoms with Crippen LogP contribution in [-0.4, -0.2) is 13.7 Å². The van der Waals surface area contributed by atoms with Gasteiger partial charge in [0.25, 0.3) is 0 Å². The molecular weight excluding hydrogens is 124 g/mol. The van der Waals surface area contributed by atoms with Crippen molar-refractivity contribution in [3.8, 4) is 0 Å². The van der Waals surface area contributed by atoms with E-state index < -0.39 is 0 Å². The van der Waals surface area contributed by atoms with E-state index in [9.17, 15) is 0 Å². The molecule has 56 valence electrons. The highest BCUT2D eigenvalue weighted by atomic mass is 16.5. The molecule has 0 heterocycles. The summed E-state index contributed by atoms with van der Waals surface area (Å²) >= 11 is 0. The lowest BCUT2D eigenvalue weighted by molar-refractivity contribution is 0.167. The third kappa shape index (κ3) is 2.36. The smallest absolute Gasteiger partial charge is 0.0525 e. The zero-order valence-electron chi connectivity index (χ0n) is 6.42. The van der Waals surface area contributed by atoms with Crippen LogP contribution >= 0.6 is 0 Å². The molecule has 0 spiro atoms. The summed E-state index contributed by atoms with van der Waals surface area (Å²) < 4.78 is 5.06. The SMILES string of the molecule is COCC1C=CC=CCC1. The standard InChI is InChI=1S/C9H14O/c1-10-8-9-6-4-2-3-5-7-9/h2-4,6,9H,5,7-8H2,1H3. The minimum Gasteiger partial charge on any atom is -0.384 e. The van der Waals surface area contributed by atoms with E-state index in [2.05, 4.69) is 24.3 Å². The molecule has 0 N–H and O–H groups in total. The van der Waals surface area contributed by atoms with Gasteiger partial charge in [-0.3, -0.25) is 0 Å². The number of allylic oxidation sites excluding steroid dienone is 3. The predicted molar refractivity (Wildman–Crippen MR) is 42.9 cm³/mol. The van der Waals surface area contributed by atoms with Gasteiger partial charge in [0.15, 0.2) is 0 Å². The molecule has 1 aliphatic rings. The Morgan fingerprint density at radius 1 is 1.50 bits per heavy atom. The summed E-state index contributed by atoms with van der Waals surface area (Å²) in [6.45, 7) is 0.859. The third-order valence-corrected chi connectivity index (χ3v) is 1.72. The Morgan fingerprint density at radius 3 is 3.20 bits per heavy atom. The van der Waals surface area contributed by atoms with Crippen molar-refractivity contribution in [2.24, 2.45) is 5.92 Å². The number of rotatable bonds is 2. The largest absolute Gasteiger partial charge is 0.384 e. The molecule has 1 atom stereocenters. The maximum absolute atomic E-state index is 5.06. The van der Waals surface area contributed by atoms with Crippen molar-refractivity contribution in [3.63, 3.8) is 0 Å². The number of methoxy groups -OCH3 is 1. The Morgan fingerprint density at radius 2 is 2.40 bits per heavy atom. The Kier molecular flexibility index (Phi) is 3.23. The highest BCUT2D eigenvalue weighted by Gasteiger charge is 2.03. The molecule has 1 unspecified atom stereocenters. The molecule has 10 heavy (non-hydrogen) atoms. The second-order valence-electron chi connectivity index (χ2n) is 2.61. The van der Waals surface area contributed by atoms with Gasteiger partial charge in [0.05, 0.1) is 6.61 Å². The molecular formula is C9H14O. The van der Waals surface area contributed by atoms with E-state index in [-0.39, 0.29) is 0 Å². The highest BCUT2D eigenvalue weighted by Crippen LogP contribution is 2.12. The lowest BCUT2D eigenvalue weighted by Crippen LogP contribution is -2.03. The molecule has 0 aromatic rings. The predicted octanol–water partition coefficient (Wildman–Crippen LogP) is 2.16. The Balaban J connectivity index is 2.33. The van der Waals surface area contributed by atoms with Crippen LogP contribution in [0, 0.1) is 5.92 Å². The molecule has 0 saturated heterocycles. The van der Waals surface area contributed by atoms with Crippen molar-refractivity contribution >= 4 is 0 Å². The van der Waals surface area contributed by atoms with E-state index in [4.69, 9.17) is 4.74 Å². The lowest BCUT2D eigenvalue weighted by Gasteiger charge is -2.07. The first-order chi connectivity index (χ1) is 4.93. The number of hydrogen-bond acceptors (Lipinski definition) is 1. The summed E-state index contributed by atoms with van der Waals surface area (Å²) in [7, 11) is 1.76. The van der Waals surface area contributed by atoms with Crippen molar-refractivity contribution in [2.75, 3.05) is 13.7 Å². The molecule has 1 aliphatic carbocycles. The van der Waals surface area contributed by atoms with Gasteiger partial charge in [-0.2, -0.15) is 0 Å². The maximum atomic E-state index is 5.06. The molecule has 0 fully saturated rings. The fourth-order valence-corrected chi connectivity index (χ4v) is 1.16. The minimum absolute atomic E-state index is 0.625. The average Bonchev–Trinajstić information content (AvgIpc) is 2.17. The van der Waals surface area contributed by atoms with Gasteiger partial charge < -0.3 is 4.74 Å². The minimum atomic E-state index is 0.625. The fourth-order valence-electron chi connectivity index (χ4n) is 1.16. The van der Waals surface area contributed by atoms with Crippen LogP contribution in [0.4, 0.5) is 0 Å². The second kappa shape index (κ2) is 4.29. The van der Waals surface area contributed by atoms with Gasteiger partial charge in [0.1, 0.15) is 0 Å². The molecule has 0 aromatic heterocycles. The van der Waals surface area contributed by atoms with Gasteiger partial charge in [-0.15, -0.1) is 0 Å². The summed E-state index contributed by atoms with van der Waals surface area (Å²) in [5, 5.41) is 0. The van der Waals surface area contributed by atoms with Crippen molar-refractivity contribution in [2.45, 2.75) is 12.8 Å². The zero-order valence-corrected chi connectivity index (χ0v) is 6.42. The van der Waals surface area contributed by atoms with E-state index in [1.54, 1.807) is 7.11 Å². The number of hydrogen-bond donors (Lipinski definition) is 0. The zero-order chi connectivity index (χ0) is 7.23. The van der Waals surface area contributed by atoms with E-state index in [0.29, 0.717) is 5.92 Å². The molecule has 0 bridgehead atoms. The lowest BCUT2D eigenvalue weighted by atomic mass is 10.1. The van der Waals surface area contributed by atoms with Crippen LogP contribution in [0.5, 0.6) is 0 Å². The molecule has 1 nitrogen and oxygen atoms in total. The molecule has 0 aromatic carbocycles. The normalized spacial score (nSPS) is 24.7. The summed E-state index contributed by atoms with van der Waals surface area (Å²) in [5.41, 5.74) is 0. The van der Waals surface area contributed by atoms with E-state index in [1.165, 1.54) is 12.8 Å². The van der Waals surface area contributed by atoms with Crippen molar-refractivity contribution < 1.29 is 4.74 Å². The number of ether oxygens (including phenoxy) is 1. The Labute approximate surface area is 62.4 Å². The van der Waals surface area contributed by atoms with Crippen LogP contribution in [0.15, 0.2) is 24.3 Å². The molecule has 0 saturated carbocycles. The second-order valence-corrected chi connectivity index (χ2v) is 2.61. The molecule has 1 rings (SSSR count). The van der Waals surface area contributed by atoms with Crippen LogP contribution in [0.25, 0.3) is 0 Å². The quantitative estimate of drug-likeness (QED) is 0.568. The van der Waals surface area contributed by atoms with Gasteiger partial charge in [-0.05, 0) is 12.8 Å². The highest BCUT2D eigenvalue weighted by molar-refractivity contribution is 5.07. The Bertz CT molecular complexity index is 136. The Hall–Kier alpha value is -0.560. The summed E-state index contributed by atoms with van der Waals surface area (Å²) in [6, 6.07) is 0. The molecule has 1 heteroatoms. The van der Waals surface area contributed by atoms with E-state index in [0.717, 1.165) is 6.61 Å². The van der Waals surface area contributed by atoms with E-state index >= 15 is 0 Å². The van der Waals surface area contributed by atoms with Gasteiger partial charge in [0.2, 0.25) is 0 Å². The van der Waals surface area contributed by atoms with Crippen molar-refractivity contribution in [1.82, 2.24) is 0 Å². The van der Waals surface area contributed by atoms with Crippen molar-refractivity contribution in [3.05, 3.63) is 24.3 Å². The summed E-state index contributed by atoms with van der Waals surface area (Å²) in [6.07, 6.45) is 11.0. The van der Waals surface area contributed by atoms with Crippen LogP contribution in [0.2, 0.25) is 0 Å². The van der Waals surface area contributed by atoms with Crippen LogP contribution in [0.3, 0.4) is 0 Å². The van der Waals surface area contributed by atoms with Gasteiger partial charge in [0, 0.05) is 13.0 Å². The topological polar surface area (TPSA) is 9.23 Å². The van der Waals surface area contributed by atoms with E-state index in [1.807, 2.05) is 0 Å². The molecule has 0 radical (unpaired) electrons. The summed E-state index contributed by atoms with van der Waals surface area (Å²) in [5.74, 6) is 0.625. The van der Waals surface area contributed by atoms with Crippen LogP contribution in [0.1, 0.15) is 12.8 Å². The first-order valence-corrected chi connectivity index (χ1v) is 3.76. The molecule has 0 amide bonds. The maximum Gasteiger partial charge on any atom is 0.0525 e. The first kappa shape index (κ1) is 7.55. The molecule has 0 aliphatic heterocycles. The first-order valence-electron chi connectivity index (χ1n) is 3.76. The fraction of sp³-hybridized carbons (Fsp3) is 0.556. The van der Waals surface area contributed by atoms with Crippen LogP contribution < -0.4 is 0 Å². The summed E-state index contributed by atoms with van der Waals surface area (Å²) in [4.78, 5) is 0.